The van der Waals surface area contributed by atoms with Gasteiger partial charge in [0.1, 0.15) is 11.8 Å². The van der Waals surface area contributed by atoms with Crippen molar-refractivity contribution in [3.63, 3.8) is 0 Å². The molecule has 1 amide bonds. The molecular weight excluding hydrogens is 352 g/mol. The third-order valence-corrected chi connectivity index (χ3v) is 3.45. The standard InChI is InChI=1S/C15H15BrN2O4/c16-10-3-5-11(6-4-10)18-14(19)8-13(15(20)21)17-9-12-2-1-7-22-12/h1-7,13,17H,8-9H2,(H,18,19)(H,20,21)/t13-/m0/s1. The first-order valence-corrected chi connectivity index (χ1v) is 7.38. The van der Waals surface area contributed by atoms with Crippen LogP contribution in [-0.2, 0) is 16.1 Å². The van der Waals surface area contributed by atoms with Crippen LogP contribution in [0.1, 0.15) is 12.2 Å². The number of carbonyl (C=O) groups is 2. The van der Waals surface area contributed by atoms with E-state index in [0.29, 0.717) is 11.4 Å². The van der Waals surface area contributed by atoms with Gasteiger partial charge in [-0.1, -0.05) is 15.9 Å². The topological polar surface area (TPSA) is 91.6 Å². The number of rotatable bonds is 7. The number of hydrogen-bond acceptors (Lipinski definition) is 4. The van der Waals surface area contributed by atoms with Gasteiger partial charge in [0.05, 0.1) is 19.2 Å². The second-order valence-corrected chi connectivity index (χ2v) is 5.53. The Morgan fingerprint density at radius 2 is 1.95 bits per heavy atom. The molecule has 0 aliphatic rings. The average Bonchev–Trinajstić information content (AvgIpc) is 2.99. The molecule has 2 rings (SSSR count). The molecule has 0 radical (unpaired) electrons. The summed E-state index contributed by atoms with van der Waals surface area (Å²) in [5.41, 5.74) is 0.614. The quantitative estimate of drug-likeness (QED) is 0.700. The fourth-order valence-electron chi connectivity index (χ4n) is 1.81. The summed E-state index contributed by atoms with van der Waals surface area (Å²) in [6.07, 6.45) is 1.33. The lowest BCUT2D eigenvalue weighted by atomic mass is 10.2. The molecule has 1 aromatic carbocycles. The molecule has 1 aromatic heterocycles. The predicted octanol–water partition coefficient (Wildman–Crippen LogP) is 2.61. The molecule has 0 bridgehead atoms. The lowest BCUT2D eigenvalue weighted by Crippen LogP contribution is -2.39. The van der Waals surface area contributed by atoms with Crippen molar-refractivity contribution in [2.75, 3.05) is 5.32 Å². The van der Waals surface area contributed by atoms with Gasteiger partial charge >= 0.3 is 5.97 Å². The van der Waals surface area contributed by atoms with Crippen molar-refractivity contribution in [1.82, 2.24) is 5.32 Å². The van der Waals surface area contributed by atoms with Gasteiger partial charge in [0, 0.05) is 10.2 Å². The minimum Gasteiger partial charge on any atom is -0.480 e. The first-order chi connectivity index (χ1) is 10.5. The van der Waals surface area contributed by atoms with Crippen molar-refractivity contribution in [3.05, 3.63) is 52.9 Å². The number of carbonyl (C=O) groups excluding carboxylic acids is 1. The Hall–Kier alpha value is -2.12. The highest BCUT2D eigenvalue weighted by Gasteiger charge is 2.21. The fourth-order valence-corrected chi connectivity index (χ4v) is 2.08. The molecule has 0 aliphatic heterocycles. The molecule has 0 saturated carbocycles. The van der Waals surface area contributed by atoms with Gasteiger partial charge in [-0.05, 0) is 36.4 Å². The number of hydrogen-bond donors (Lipinski definition) is 3. The van der Waals surface area contributed by atoms with Crippen LogP contribution in [0.4, 0.5) is 5.69 Å². The number of anilines is 1. The number of benzene rings is 1. The number of furan rings is 1. The Kier molecular flexibility index (Phi) is 5.74. The average molecular weight is 367 g/mol. The Morgan fingerprint density at radius 1 is 1.23 bits per heavy atom. The molecule has 3 N–H and O–H groups in total. The molecule has 2 aromatic rings. The van der Waals surface area contributed by atoms with E-state index < -0.39 is 12.0 Å². The molecule has 0 aliphatic carbocycles. The molecule has 0 saturated heterocycles. The molecule has 22 heavy (non-hydrogen) atoms. The first-order valence-electron chi connectivity index (χ1n) is 6.58. The second-order valence-electron chi connectivity index (χ2n) is 4.61. The van der Waals surface area contributed by atoms with Gasteiger partial charge in [0.2, 0.25) is 5.91 Å². The molecule has 0 unspecified atom stereocenters. The van der Waals surface area contributed by atoms with Crippen molar-refractivity contribution in [1.29, 1.82) is 0 Å². The molecular formula is C15H15BrN2O4. The Balaban J connectivity index is 1.88. The monoisotopic (exact) mass is 366 g/mol. The Labute approximate surface area is 135 Å². The molecule has 1 atom stereocenters. The summed E-state index contributed by atoms with van der Waals surface area (Å²) in [5, 5.41) is 14.6. The van der Waals surface area contributed by atoms with Crippen molar-refractivity contribution in [2.45, 2.75) is 19.0 Å². The van der Waals surface area contributed by atoms with E-state index in [1.54, 1.807) is 36.4 Å². The van der Waals surface area contributed by atoms with Crippen LogP contribution in [-0.4, -0.2) is 23.0 Å². The van der Waals surface area contributed by atoms with Crippen molar-refractivity contribution >= 4 is 33.5 Å². The minimum atomic E-state index is -1.09. The molecule has 116 valence electrons. The molecule has 0 spiro atoms. The highest BCUT2D eigenvalue weighted by atomic mass is 79.9. The van der Waals surface area contributed by atoms with E-state index in [1.807, 2.05) is 0 Å². The van der Waals surface area contributed by atoms with Crippen molar-refractivity contribution in [3.8, 4) is 0 Å². The number of aliphatic carboxylic acids is 1. The van der Waals surface area contributed by atoms with E-state index in [1.165, 1.54) is 6.26 Å². The third kappa shape index (κ3) is 5.01. The van der Waals surface area contributed by atoms with Gasteiger partial charge in [-0.2, -0.15) is 0 Å². The summed E-state index contributed by atoms with van der Waals surface area (Å²) in [5.74, 6) is -0.848. The number of amides is 1. The zero-order valence-electron chi connectivity index (χ0n) is 11.6. The zero-order chi connectivity index (χ0) is 15.9. The summed E-state index contributed by atoms with van der Waals surface area (Å²) in [7, 11) is 0. The van der Waals surface area contributed by atoms with Crippen LogP contribution >= 0.6 is 15.9 Å². The summed E-state index contributed by atoms with van der Waals surface area (Å²) in [6.45, 7) is 0.246. The van der Waals surface area contributed by atoms with Gasteiger partial charge in [-0.25, -0.2) is 0 Å². The van der Waals surface area contributed by atoms with Gasteiger partial charge in [0.15, 0.2) is 0 Å². The number of carboxylic acids is 1. The summed E-state index contributed by atoms with van der Waals surface area (Å²) in [4.78, 5) is 23.1. The lowest BCUT2D eigenvalue weighted by molar-refractivity contribution is -0.141. The van der Waals surface area contributed by atoms with Gasteiger partial charge < -0.3 is 14.8 Å². The van der Waals surface area contributed by atoms with E-state index in [4.69, 9.17) is 4.42 Å². The van der Waals surface area contributed by atoms with E-state index in [2.05, 4.69) is 26.6 Å². The van der Waals surface area contributed by atoms with E-state index in [0.717, 1.165) is 4.47 Å². The van der Waals surface area contributed by atoms with E-state index >= 15 is 0 Å². The SMILES string of the molecule is O=C(C[C@H](NCc1ccco1)C(=O)O)Nc1ccc(Br)cc1. The maximum absolute atomic E-state index is 11.9. The molecule has 6 nitrogen and oxygen atoms in total. The Bertz CT molecular complexity index is 626. The maximum Gasteiger partial charge on any atom is 0.321 e. The largest absolute Gasteiger partial charge is 0.480 e. The number of carboxylic acid groups (broad SMARTS) is 1. The lowest BCUT2D eigenvalue weighted by Gasteiger charge is -2.13. The van der Waals surface area contributed by atoms with Crippen LogP contribution in [0.5, 0.6) is 0 Å². The maximum atomic E-state index is 11.9. The fraction of sp³-hybridized carbons (Fsp3) is 0.200. The first kappa shape index (κ1) is 16.3. The molecule has 0 fully saturated rings. The predicted molar refractivity (Wildman–Crippen MR) is 84.4 cm³/mol. The number of halogens is 1. The highest BCUT2D eigenvalue weighted by molar-refractivity contribution is 9.10. The van der Waals surface area contributed by atoms with Crippen molar-refractivity contribution < 1.29 is 19.1 Å². The number of nitrogens with one attached hydrogen (secondary N) is 2. The van der Waals surface area contributed by atoms with E-state index in [-0.39, 0.29) is 18.9 Å². The Morgan fingerprint density at radius 3 is 2.55 bits per heavy atom. The summed E-state index contributed by atoms with van der Waals surface area (Å²) >= 11 is 3.30. The van der Waals surface area contributed by atoms with Crippen LogP contribution in [0.3, 0.4) is 0 Å². The molecule has 7 heteroatoms. The second kappa shape index (κ2) is 7.77. The smallest absolute Gasteiger partial charge is 0.321 e. The van der Waals surface area contributed by atoms with Crippen LogP contribution in [0, 0.1) is 0 Å². The van der Waals surface area contributed by atoms with Crippen LogP contribution in [0.15, 0.2) is 51.6 Å². The zero-order valence-corrected chi connectivity index (χ0v) is 13.2. The normalized spacial score (nSPS) is 11.9. The van der Waals surface area contributed by atoms with E-state index in [9.17, 15) is 14.7 Å². The van der Waals surface area contributed by atoms with Crippen molar-refractivity contribution in [2.24, 2.45) is 0 Å². The van der Waals surface area contributed by atoms with Gasteiger partial charge in [0.25, 0.3) is 0 Å². The molecule has 1 heterocycles. The van der Waals surface area contributed by atoms with Crippen LogP contribution < -0.4 is 10.6 Å². The van der Waals surface area contributed by atoms with Gasteiger partial charge in [-0.15, -0.1) is 0 Å². The van der Waals surface area contributed by atoms with Gasteiger partial charge in [-0.3, -0.25) is 14.9 Å². The summed E-state index contributed by atoms with van der Waals surface area (Å²) < 4.78 is 6.01. The third-order valence-electron chi connectivity index (χ3n) is 2.92. The van der Waals surface area contributed by atoms with Crippen LogP contribution in [0.2, 0.25) is 0 Å². The minimum absolute atomic E-state index is 0.174. The summed E-state index contributed by atoms with van der Waals surface area (Å²) in [6, 6.07) is 9.50. The van der Waals surface area contributed by atoms with Crippen LogP contribution in [0.25, 0.3) is 0 Å². The highest BCUT2D eigenvalue weighted by Crippen LogP contribution is 2.14.